The molecule has 0 unspecified atom stereocenters. The molecular formula is C11H20N2O4. The Bertz CT molecular complexity index is 260. The summed E-state index contributed by atoms with van der Waals surface area (Å²) in [5, 5.41) is 8.92. The first-order valence-electron chi connectivity index (χ1n) is 6.00. The van der Waals surface area contributed by atoms with Gasteiger partial charge in [0, 0.05) is 12.6 Å². The zero-order valence-corrected chi connectivity index (χ0v) is 10.1. The highest BCUT2D eigenvalue weighted by Crippen LogP contribution is 2.16. The van der Waals surface area contributed by atoms with Crippen molar-refractivity contribution in [3.63, 3.8) is 0 Å². The molecule has 0 bridgehead atoms. The summed E-state index contributed by atoms with van der Waals surface area (Å²) in [6.07, 6.45) is 3.80. The average Bonchev–Trinajstić information content (AvgIpc) is 2.34. The van der Waals surface area contributed by atoms with Gasteiger partial charge in [0.05, 0.1) is 6.61 Å². The Morgan fingerprint density at radius 3 is 2.94 bits per heavy atom. The normalized spacial score (nSPS) is 24.6. The van der Waals surface area contributed by atoms with Crippen molar-refractivity contribution in [2.24, 2.45) is 0 Å². The molecule has 1 fully saturated rings. The molecule has 2 atom stereocenters. The molecule has 1 saturated heterocycles. The van der Waals surface area contributed by atoms with Gasteiger partial charge in [-0.3, -0.25) is 4.79 Å². The van der Waals surface area contributed by atoms with E-state index >= 15 is 0 Å². The molecule has 0 aliphatic carbocycles. The maximum Gasteiger partial charge on any atom is 0.326 e. The molecule has 6 heteroatoms. The standard InChI is InChI=1S/C11H20N2O4/c1-2-3-6-17-12-9-4-5-10(11(15)16)13(7-9)8-14/h8-10,12H,2-7H2,1H3,(H,15,16)/t9-,10+/m1/s1. The number of rotatable bonds is 7. The van der Waals surface area contributed by atoms with Gasteiger partial charge < -0.3 is 14.8 Å². The molecule has 0 aromatic carbocycles. The van der Waals surface area contributed by atoms with Crippen LogP contribution in [0, 0.1) is 0 Å². The summed E-state index contributed by atoms with van der Waals surface area (Å²) in [7, 11) is 0. The fourth-order valence-corrected chi connectivity index (χ4v) is 1.87. The van der Waals surface area contributed by atoms with Crippen LogP contribution in [-0.2, 0) is 14.4 Å². The highest BCUT2D eigenvalue weighted by molar-refractivity contribution is 5.76. The molecule has 1 rings (SSSR count). The summed E-state index contributed by atoms with van der Waals surface area (Å²) in [6.45, 7) is 3.10. The Morgan fingerprint density at radius 1 is 1.59 bits per heavy atom. The van der Waals surface area contributed by atoms with E-state index < -0.39 is 12.0 Å². The van der Waals surface area contributed by atoms with E-state index in [2.05, 4.69) is 12.4 Å². The molecule has 1 amide bonds. The number of aliphatic carboxylic acids is 1. The number of piperidine rings is 1. The number of carboxylic acids is 1. The van der Waals surface area contributed by atoms with Gasteiger partial charge in [-0.15, -0.1) is 0 Å². The second-order valence-electron chi connectivity index (χ2n) is 4.25. The van der Waals surface area contributed by atoms with Crippen molar-refractivity contribution >= 4 is 12.4 Å². The number of hydrogen-bond donors (Lipinski definition) is 2. The molecule has 1 aliphatic rings. The molecule has 0 saturated carbocycles. The smallest absolute Gasteiger partial charge is 0.326 e. The summed E-state index contributed by atoms with van der Waals surface area (Å²) in [5.41, 5.74) is 2.89. The van der Waals surface area contributed by atoms with Crippen molar-refractivity contribution in [2.45, 2.75) is 44.7 Å². The molecule has 0 radical (unpaired) electrons. The second-order valence-corrected chi connectivity index (χ2v) is 4.25. The molecule has 0 aromatic heterocycles. The Balaban J connectivity index is 2.32. The minimum Gasteiger partial charge on any atom is -0.480 e. The Labute approximate surface area is 101 Å². The molecule has 0 aromatic rings. The summed E-state index contributed by atoms with van der Waals surface area (Å²) in [4.78, 5) is 28.2. The van der Waals surface area contributed by atoms with Crippen LogP contribution in [0.15, 0.2) is 0 Å². The zero-order valence-electron chi connectivity index (χ0n) is 10.1. The molecule has 6 nitrogen and oxygen atoms in total. The molecule has 2 N–H and O–H groups in total. The lowest BCUT2D eigenvalue weighted by atomic mass is 9.99. The van der Waals surface area contributed by atoms with Crippen molar-refractivity contribution in [3.05, 3.63) is 0 Å². The van der Waals surface area contributed by atoms with E-state index in [4.69, 9.17) is 9.94 Å². The predicted octanol–water partition coefficient (Wildman–Crippen LogP) is 0.382. The van der Waals surface area contributed by atoms with Crippen molar-refractivity contribution in [1.82, 2.24) is 10.4 Å². The Kier molecular flexibility index (Phi) is 5.93. The van der Waals surface area contributed by atoms with Crippen molar-refractivity contribution < 1.29 is 19.5 Å². The van der Waals surface area contributed by atoms with Crippen LogP contribution in [0.2, 0.25) is 0 Å². The lowest BCUT2D eigenvalue weighted by Crippen LogP contribution is -2.52. The van der Waals surface area contributed by atoms with Crippen LogP contribution in [0.1, 0.15) is 32.6 Å². The number of carbonyl (C=O) groups is 2. The highest BCUT2D eigenvalue weighted by atomic mass is 16.6. The number of unbranched alkanes of at least 4 members (excludes halogenated alkanes) is 1. The van der Waals surface area contributed by atoms with Gasteiger partial charge >= 0.3 is 5.97 Å². The number of nitrogens with zero attached hydrogens (tertiary/aromatic N) is 1. The minimum absolute atomic E-state index is 0.0210. The van der Waals surface area contributed by atoms with Gasteiger partial charge in [0.15, 0.2) is 0 Å². The number of likely N-dealkylation sites (tertiary alicyclic amines) is 1. The van der Waals surface area contributed by atoms with E-state index in [1.165, 1.54) is 4.90 Å². The number of carbonyl (C=O) groups excluding carboxylic acids is 1. The van der Waals surface area contributed by atoms with Gasteiger partial charge in [0.1, 0.15) is 6.04 Å². The maximum atomic E-state index is 10.9. The number of carboxylic acid groups (broad SMARTS) is 1. The van der Waals surface area contributed by atoms with E-state index in [0.29, 0.717) is 32.4 Å². The topological polar surface area (TPSA) is 78.9 Å². The lowest BCUT2D eigenvalue weighted by Gasteiger charge is -2.34. The average molecular weight is 244 g/mol. The Hall–Kier alpha value is -1.14. The van der Waals surface area contributed by atoms with Gasteiger partial charge in [-0.25, -0.2) is 4.79 Å². The zero-order chi connectivity index (χ0) is 12.7. The third-order valence-corrected chi connectivity index (χ3v) is 2.89. The summed E-state index contributed by atoms with van der Waals surface area (Å²) in [5.74, 6) is -0.942. The first kappa shape index (κ1) is 13.9. The number of hydrogen-bond acceptors (Lipinski definition) is 4. The molecule has 98 valence electrons. The van der Waals surface area contributed by atoms with Crippen LogP contribution >= 0.6 is 0 Å². The third-order valence-electron chi connectivity index (χ3n) is 2.89. The predicted molar refractivity (Wildman–Crippen MR) is 61.2 cm³/mol. The van der Waals surface area contributed by atoms with Crippen LogP contribution in [0.25, 0.3) is 0 Å². The quantitative estimate of drug-likeness (QED) is 0.384. The molecule has 17 heavy (non-hydrogen) atoms. The van der Waals surface area contributed by atoms with Crippen LogP contribution in [0.4, 0.5) is 0 Å². The second kappa shape index (κ2) is 7.24. The number of nitrogens with one attached hydrogen (secondary N) is 1. The van der Waals surface area contributed by atoms with Gasteiger partial charge in [-0.1, -0.05) is 13.3 Å². The Morgan fingerprint density at radius 2 is 2.35 bits per heavy atom. The summed E-state index contributed by atoms with van der Waals surface area (Å²) >= 11 is 0. The summed E-state index contributed by atoms with van der Waals surface area (Å²) in [6, 6.07) is -0.672. The molecular weight excluding hydrogens is 224 g/mol. The fourth-order valence-electron chi connectivity index (χ4n) is 1.87. The van der Waals surface area contributed by atoms with Crippen LogP contribution in [-0.4, -0.2) is 47.6 Å². The van der Waals surface area contributed by atoms with E-state index in [0.717, 1.165) is 12.8 Å². The first-order chi connectivity index (χ1) is 8.19. The third kappa shape index (κ3) is 4.32. The van der Waals surface area contributed by atoms with Crippen LogP contribution in [0.5, 0.6) is 0 Å². The number of hydroxylamine groups is 1. The van der Waals surface area contributed by atoms with Crippen molar-refractivity contribution in [2.75, 3.05) is 13.2 Å². The molecule has 1 heterocycles. The maximum absolute atomic E-state index is 10.9. The van der Waals surface area contributed by atoms with Gasteiger partial charge in [-0.05, 0) is 19.3 Å². The van der Waals surface area contributed by atoms with Crippen molar-refractivity contribution in [1.29, 1.82) is 0 Å². The SMILES string of the molecule is CCCCON[C@@H]1CC[C@@H](C(=O)O)N(C=O)C1. The van der Waals surface area contributed by atoms with E-state index in [1.807, 2.05) is 0 Å². The monoisotopic (exact) mass is 244 g/mol. The van der Waals surface area contributed by atoms with Crippen LogP contribution < -0.4 is 5.48 Å². The van der Waals surface area contributed by atoms with Crippen molar-refractivity contribution in [3.8, 4) is 0 Å². The van der Waals surface area contributed by atoms with Gasteiger partial charge in [-0.2, -0.15) is 5.48 Å². The molecule has 0 spiro atoms. The van der Waals surface area contributed by atoms with Gasteiger partial charge in [0.2, 0.25) is 6.41 Å². The molecule has 1 aliphatic heterocycles. The lowest BCUT2D eigenvalue weighted by molar-refractivity contribution is -0.149. The summed E-state index contributed by atoms with van der Waals surface area (Å²) < 4.78 is 0. The van der Waals surface area contributed by atoms with Gasteiger partial charge in [0.25, 0.3) is 0 Å². The fraction of sp³-hybridized carbons (Fsp3) is 0.818. The number of amides is 1. The van der Waals surface area contributed by atoms with Crippen LogP contribution in [0.3, 0.4) is 0 Å². The minimum atomic E-state index is -0.942. The largest absolute Gasteiger partial charge is 0.480 e. The first-order valence-corrected chi connectivity index (χ1v) is 6.00. The van der Waals surface area contributed by atoms with E-state index in [-0.39, 0.29) is 6.04 Å². The van der Waals surface area contributed by atoms with E-state index in [1.54, 1.807) is 0 Å². The van der Waals surface area contributed by atoms with E-state index in [9.17, 15) is 9.59 Å². The highest BCUT2D eigenvalue weighted by Gasteiger charge is 2.31.